The molecule has 164 valence electrons. The van der Waals surface area contributed by atoms with Crippen LogP contribution in [0.3, 0.4) is 0 Å². The fourth-order valence-corrected chi connectivity index (χ4v) is 4.11. The van der Waals surface area contributed by atoms with Crippen molar-refractivity contribution in [3.63, 3.8) is 0 Å². The molecule has 2 aromatic carbocycles. The predicted octanol–water partition coefficient (Wildman–Crippen LogP) is 2.87. The van der Waals surface area contributed by atoms with Crippen LogP contribution in [0.15, 0.2) is 48.5 Å². The molecule has 0 unspecified atom stereocenters. The Hall–Kier alpha value is -1.61. The second kappa shape index (κ2) is 10.1. The highest BCUT2D eigenvalue weighted by molar-refractivity contribution is 6.04. The van der Waals surface area contributed by atoms with Gasteiger partial charge in [0.05, 0.1) is 25.7 Å². The Morgan fingerprint density at radius 3 is 2.27 bits per heavy atom. The highest BCUT2D eigenvalue weighted by atomic mass is 127. The topological polar surface area (TPSA) is 29.1 Å². The fourth-order valence-electron chi connectivity index (χ4n) is 4.11. The molecule has 2 aromatic rings. The molecule has 0 bridgehead atoms. The molecule has 3 nitrogen and oxygen atoms in total. The van der Waals surface area contributed by atoms with Gasteiger partial charge in [-0.3, -0.25) is 4.79 Å². The first-order chi connectivity index (χ1) is 13.6. The number of halogens is 4. The van der Waals surface area contributed by atoms with Gasteiger partial charge in [-0.05, 0) is 56.0 Å². The Balaban J connectivity index is 0.00000320. The summed E-state index contributed by atoms with van der Waals surface area (Å²) in [5, 5.41) is 2.68. The van der Waals surface area contributed by atoms with Crippen LogP contribution in [0.2, 0.25) is 0 Å². The van der Waals surface area contributed by atoms with E-state index in [1.807, 2.05) is 24.3 Å². The summed E-state index contributed by atoms with van der Waals surface area (Å²) in [6.45, 7) is 0.909. The molecule has 1 aliphatic rings. The van der Waals surface area contributed by atoms with Crippen LogP contribution >= 0.6 is 0 Å². The van der Waals surface area contributed by atoms with Gasteiger partial charge in [0.25, 0.3) is 5.91 Å². The Morgan fingerprint density at radius 1 is 1.03 bits per heavy atom. The first kappa shape index (κ1) is 24.7. The molecule has 0 atom stereocenters. The number of nitrogens with one attached hydrogen (secondary N) is 1. The number of quaternary nitrogens is 1. The number of anilines is 1. The van der Waals surface area contributed by atoms with Gasteiger partial charge in [0.1, 0.15) is 6.54 Å². The second-order valence-corrected chi connectivity index (χ2v) is 8.46. The summed E-state index contributed by atoms with van der Waals surface area (Å²) in [5.41, 5.74) is 0.902. The first-order valence-corrected chi connectivity index (χ1v) is 10.1. The normalized spacial score (nSPS) is 15.4. The molecule has 0 radical (unpaired) electrons. The van der Waals surface area contributed by atoms with E-state index in [1.54, 1.807) is 0 Å². The lowest BCUT2D eigenvalue weighted by Crippen LogP contribution is -3.00. The number of alkyl halides is 3. The molecule has 0 heterocycles. The zero-order valence-electron chi connectivity index (χ0n) is 17.3. The van der Waals surface area contributed by atoms with Gasteiger partial charge < -0.3 is 33.8 Å². The van der Waals surface area contributed by atoms with Gasteiger partial charge in [-0.25, -0.2) is 0 Å². The van der Waals surface area contributed by atoms with E-state index >= 15 is 0 Å². The third-order valence-electron chi connectivity index (χ3n) is 5.82. The molecule has 0 spiro atoms. The van der Waals surface area contributed by atoms with Crippen LogP contribution in [-0.2, 0) is 12.7 Å². The number of hydrogen-bond donors (Lipinski definition) is 1. The number of benzene rings is 2. The molecule has 0 saturated heterocycles. The summed E-state index contributed by atoms with van der Waals surface area (Å²) in [6.07, 6.45) is 1.98. The number of hydrogen-bond acceptors (Lipinski definition) is 1. The van der Waals surface area contributed by atoms with E-state index in [1.165, 1.54) is 49.8 Å². The molecule has 7 heteroatoms. The van der Waals surface area contributed by atoms with E-state index in [0.717, 1.165) is 23.2 Å². The summed E-state index contributed by atoms with van der Waals surface area (Å²) < 4.78 is 39.5. The van der Waals surface area contributed by atoms with Crippen LogP contribution in [0.1, 0.15) is 53.6 Å². The standard InChI is InChI=1S/C23H27F3N2O.HI/c1-28(2,21-9-4-3-5-10-21)16-17-11-13-20(14-12-17)27-22(29)18-7-6-8-19(15-18)23(24,25)26;/h6-8,11-15,21H,3-5,9-10,16H2,1-2H3;1H. The van der Waals surface area contributed by atoms with E-state index < -0.39 is 17.6 Å². The van der Waals surface area contributed by atoms with Crippen LogP contribution in [0.25, 0.3) is 0 Å². The molecule has 0 aromatic heterocycles. The first-order valence-electron chi connectivity index (χ1n) is 10.1. The summed E-state index contributed by atoms with van der Waals surface area (Å²) in [6, 6.07) is 12.7. The summed E-state index contributed by atoms with van der Waals surface area (Å²) in [7, 11) is 4.53. The molecule has 1 amide bonds. The van der Waals surface area contributed by atoms with Crippen LogP contribution in [-0.4, -0.2) is 30.5 Å². The molecular weight excluding hydrogens is 504 g/mol. The Kier molecular flexibility index (Phi) is 8.33. The minimum atomic E-state index is -4.47. The van der Waals surface area contributed by atoms with Crippen molar-refractivity contribution in [3.05, 3.63) is 65.2 Å². The zero-order chi connectivity index (χ0) is 21.1. The van der Waals surface area contributed by atoms with Crippen molar-refractivity contribution in [1.82, 2.24) is 0 Å². The SMILES string of the molecule is C[N+](C)(Cc1ccc(NC(=O)c2cccc(C(F)(F)F)c2)cc1)C1CCCCC1.[I-]. The summed E-state index contributed by atoms with van der Waals surface area (Å²) >= 11 is 0. The molecule has 0 aliphatic heterocycles. The lowest BCUT2D eigenvalue weighted by Gasteiger charge is -2.40. The van der Waals surface area contributed by atoms with Gasteiger partial charge in [0, 0.05) is 16.8 Å². The molecule has 1 aliphatic carbocycles. The summed E-state index contributed by atoms with van der Waals surface area (Å²) in [5.74, 6) is -0.554. The van der Waals surface area contributed by atoms with Gasteiger partial charge in [-0.15, -0.1) is 0 Å². The van der Waals surface area contributed by atoms with Crippen LogP contribution < -0.4 is 29.3 Å². The van der Waals surface area contributed by atoms with E-state index in [4.69, 9.17) is 0 Å². The third kappa shape index (κ3) is 6.44. The number of carbonyl (C=O) groups excluding carboxylic acids is 1. The van der Waals surface area contributed by atoms with Crippen molar-refractivity contribution in [3.8, 4) is 0 Å². The number of amides is 1. The Bertz CT molecular complexity index is 844. The van der Waals surface area contributed by atoms with E-state index in [9.17, 15) is 18.0 Å². The maximum atomic E-state index is 12.8. The largest absolute Gasteiger partial charge is 1.00 e. The van der Waals surface area contributed by atoms with Gasteiger partial charge in [0.15, 0.2) is 0 Å². The van der Waals surface area contributed by atoms with Crippen molar-refractivity contribution in [2.45, 2.75) is 50.9 Å². The van der Waals surface area contributed by atoms with Crippen molar-refractivity contribution in [1.29, 1.82) is 0 Å². The van der Waals surface area contributed by atoms with Crippen molar-refractivity contribution < 1.29 is 46.4 Å². The van der Waals surface area contributed by atoms with E-state index in [2.05, 4.69) is 19.4 Å². The molecule has 1 N–H and O–H groups in total. The lowest BCUT2D eigenvalue weighted by molar-refractivity contribution is -0.929. The number of carbonyl (C=O) groups is 1. The highest BCUT2D eigenvalue weighted by Gasteiger charge is 2.31. The fraction of sp³-hybridized carbons (Fsp3) is 0.435. The van der Waals surface area contributed by atoms with Gasteiger partial charge in [-0.1, -0.05) is 24.6 Å². The smallest absolute Gasteiger partial charge is 0.416 e. The highest BCUT2D eigenvalue weighted by Crippen LogP contribution is 2.30. The average Bonchev–Trinajstić information content (AvgIpc) is 2.69. The third-order valence-corrected chi connectivity index (χ3v) is 5.82. The van der Waals surface area contributed by atoms with Gasteiger partial charge in [0.2, 0.25) is 0 Å². The molecule has 1 fully saturated rings. The van der Waals surface area contributed by atoms with Crippen LogP contribution in [0.4, 0.5) is 18.9 Å². The van der Waals surface area contributed by atoms with Crippen molar-refractivity contribution in [2.75, 3.05) is 19.4 Å². The second-order valence-electron chi connectivity index (χ2n) is 8.46. The Morgan fingerprint density at radius 2 is 1.67 bits per heavy atom. The Labute approximate surface area is 193 Å². The van der Waals surface area contributed by atoms with E-state index in [-0.39, 0.29) is 29.5 Å². The van der Waals surface area contributed by atoms with Gasteiger partial charge >= 0.3 is 6.18 Å². The number of rotatable bonds is 5. The minimum Gasteiger partial charge on any atom is -1.00 e. The van der Waals surface area contributed by atoms with E-state index in [0.29, 0.717) is 11.7 Å². The van der Waals surface area contributed by atoms with Crippen molar-refractivity contribution >= 4 is 11.6 Å². The monoisotopic (exact) mass is 532 g/mol. The minimum absolute atomic E-state index is 0. The zero-order valence-corrected chi connectivity index (χ0v) is 19.5. The number of nitrogens with zero attached hydrogens (tertiary/aromatic N) is 1. The molecule has 30 heavy (non-hydrogen) atoms. The maximum absolute atomic E-state index is 12.8. The molecule has 3 rings (SSSR count). The van der Waals surface area contributed by atoms with Crippen LogP contribution in [0.5, 0.6) is 0 Å². The molecular formula is C23H28F3IN2O. The van der Waals surface area contributed by atoms with Crippen LogP contribution in [0, 0.1) is 0 Å². The van der Waals surface area contributed by atoms with Gasteiger partial charge in [-0.2, -0.15) is 13.2 Å². The molecule has 1 saturated carbocycles. The summed E-state index contributed by atoms with van der Waals surface area (Å²) in [4.78, 5) is 12.3. The lowest BCUT2D eigenvalue weighted by atomic mass is 9.92. The quantitative estimate of drug-likeness (QED) is 0.466. The maximum Gasteiger partial charge on any atom is 0.416 e. The predicted molar refractivity (Wildman–Crippen MR) is 109 cm³/mol. The van der Waals surface area contributed by atoms with Crippen molar-refractivity contribution in [2.24, 2.45) is 0 Å². The average molecular weight is 532 g/mol.